The van der Waals surface area contributed by atoms with Gasteiger partial charge in [0.05, 0.1) is 11.6 Å². The number of carboxylic acid groups (broad SMARTS) is 1. The molecule has 22 heavy (non-hydrogen) atoms. The molecule has 3 heterocycles. The third-order valence-electron chi connectivity index (χ3n) is 5.24. The van der Waals surface area contributed by atoms with Crippen LogP contribution in [-0.4, -0.2) is 27.5 Å². The van der Waals surface area contributed by atoms with Gasteiger partial charge in [0.1, 0.15) is 0 Å². The number of rotatable bonds is 1. The largest absolute Gasteiger partial charge is 0.478 e. The molecular weight excluding hydrogens is 276 g/mol. The van der Waals surface area contributed by atoms with E-state index in [0.29, 0.717) is 5.57 Å². The summed E-state index contributed by atoms with van der Waals surface area (Å²) in [6, 6.07) is 0.245. The van der Waals surface area contributed by atoms with Gasteiger partial charge in [0.25, 0.3) is 0 Å². The first kappa shape index (κ1) is 12.1. The standard InChI is InChI=1S/C18H16N2O2/c21-18(22)10-7-11-9-20-6-5-15-16(17(20)13(11)8-10)12-3-1-2-4-14(12)19-15/h1-2,5-8,13,17,19H,3-4,9H2,(H,21,22). The van der Waals surface area contributed by atoms with Crippen LogP contribution < -0.4 is 0 Å². The Morgan fingerprint density at radius 3 is 3.05 bits per heavy atom. The second-order valence-corrected chi connectivity index (χ2v) is 6.39. The van der Waals surface area contributed by atoms with Gasteiger partial charge in [-0.1, -0.05) is 18.2 Å². The van der Waals surface area contributed by atoms with Crippen LogP contribution in [0.4, 0.5) is 0 Å². The molecule has 2 N–H and O–H groups in total. The Morgan fingerprint density at radius 2 is 2.18 bits per heavy atom. The molecule has 1 aromatic heterocycles. The van der Waals surface area contributed by atoms with Gasteiger partial charge in [-0.25, -0.2) is 4.79 Å². The van der Waals surface area contributed by atoms with Gasteiger partial charge in [-0.05, 0) is 29.7 Å². The number of aromatic amines is 1. The molecule has 2 aliphatic carbocycles. The van der Waals surface area contributed by atoms with Gasteiger partial charge in [0, 0.05) is 42.0 Å². The third-order valence-corrected chi connectivity index (χ3v) is 5.24. The summed E-state index contributed by atoms with van der Waals surface area (Å²) in [7, 11) is 0. The highest BCUT2D eigenvalue weighted by Gasteiger charge is 2.43. The van der Waals surface area contributed by atoms with Crippen molar-refractivity contribution < 1.29 is 9.90 Å². The summed E-state index contributed by atoms with van der Waals surface area (Å²) in [5.74, 6) is -0.625. The molecule has 4 nitrogen and oxygen atoms in total. The lowest BCUT2D eigenvalue weighted by Crippen LogP contribution is -2.24. The summed E-state index contributed by atoms with van der Waals surface area (Å²) < 4.78 is 0. The predicted molar refractivity (Wildman–Crippen MR) is 83.1 cm³/mol. The molecule has 0 spiro atoms. The van der Waals surface area contributed by atoms with E-state index in [4.69, 9.17) is 0 Å². The van der Waals surface area contributed by atoms with E-state index in [0.717, 1.165) is 19.4 Å². The number of hydrogen-bond donors (Lipinski definition) is 2. The monoisotopic (exact) mass is 292 g/mol. The van der Waals surface area contributed by atoms with Crippen molar-refractivity contribution in [2.75, 3.05) is 6.54 Å². The molecule has 0 saturated carbocycles. The Labute approximate surface area is 128 Å². The van der Waals surface area contributed by atoms with E-state index in [1.807, 2.05) is 12.2 Å². The van der Waals surface area contributed by atoms with Gasteiger partial charge in [0.2, 0.25) is 0 Å². The molecule has 0 aromatic carbocycles. The molecule has 2 unspecified atom stereocenters. The van der Waals surface area contributed by atoms with Crippen molar-refractivity contribution >= 4 is 12.0 Å². The van der Waals surface area contributed by atoms with Crippen LogP contribution in [0, 0.1) is 5.92 Å². The second kappa shape index (κ2) is 4.03. The fraction of sp³-hybridized carbons (Fsp3) is 0.278. The van der Waals surface area contributed by atoms with E-state index < -0.39 is 5.97 Å². The minimum atomic E-state index is -0.820. The Hall–Kier alpha value is -2.49. The van der Waals surface area contributed by atoms with Gasteiger partial charge in [0.15, 0.2) is 0 Å². The molecule has 0 amide bonds. The fourth-order valence-electron chi connectivity index (χ4n) is 4.31. The average Bonchev–Trinajstić information content (AvgIpc) is 3.15. The molecule has 110 valence electrons. The second-order valence-electron chi connectivity index (χ2n) is 6.39. The zero-order valence-corrected chi connectivity index (χ0v) is 12.0. The molecule has 5 rings (SSSR count). The van der Waals surface area contributed by atoms with Crippen LogP contribution in [0.2, 0.25) is 0 Å². The normalized spacial score (nSPS) is 27.0. The molecule has 2 atom stereocenters. The molecule has 1 fully saturated rings. The zero-order chi connectivity index (χ0) is 14.8. The molecular formula is C18H16N2O2. The summed E-state index contributed by atoms with van der Waals surface area (Å²) >= 11 is 0. The first-order chi connectivity index (χ1) is 10.7. The quantitative estimate of drug-likeness (QED) is 0.782. The number of nitrogens with zero attached hydrogens (tertiary/aromatic N) is 1. The molecule has 2 aliphatic heterocycles. The topological polar surface area (TPSA) is 56.3 Å². The third kappa shape index (κ3) is 1.44. The van der Waals surface area contributed by atoms with Crippen molar-refractivity contribution in [3.05, 3.63) is 64.2 Å². The Balaban J connectivity index is 1.65. The van der Waals surface area contributed by atoms with E-state index in [1.54, 1.807) is 0 Å². The average molecular weight is 292 g/mol. The van der Waals surface area contributed by atoms with Crippen LogP contribution in [0.1, 0.15) is 28.6 Å². The first-order valence-corrected chi connectivity index (χ1v) is 7.70. The van der Waals surface area contributed by atoms with Gasteiger partial charge >= 0.3 is 5.97 Å². The van der Waals surface area contributed by atoms with Gasteiger partial charge < -0.3 is 15.0 Å². The first-order valence-electron chi connectivity index (χ1n) is 7.70. The van der Waals surface area contributed by atoms with Crippen molar-refractivity contribution in [1.82, 2.24) is 9.88 Å². The molecule has 0 bridgehead atoms. The smallest absolute Gasteiger partial charge is 0.335 e. The lowest BCUT2D eigenvalue weighted by molar-refractivity contribution is -0.132. The van der Waals surface area contributed by atoms with Crippen LogP contribution in [0.25, 0.3) is 6.08 Å². The predicted octanol–water partition coefficient (Wildman–Crippen LogP) is 2.58. The van der Waals surface area contributed by atoms with Crippen molar-refractivity contribution in [1.29, 1.82) is 0 Å². The van der Waals surface area contributed by atoms with E-state index in [-0.39, 0.29) is 12.0 Å². The SMILES string of the molecule is O=C(O)C1=CC2C(=C1)CN1C=Cc3[nH]c4c(c3C21)CC=CC4. The molecule has 1 aromatic rings. The van der Waals surface area contributed by atoms with Gasteiger partial charge in [-0.3, -0.25) is 0 Å². The van der Waals surface area contributed by atoms with E-state index in [9.17, 15) is 9.90 Å². The number of nitrogens with one attached hydrogen (secondary N) is 1. The molecule has 4 heteroatoms. The number of H-pyrrole nitrogens is 1. The highest BCUT2D eigenvalue weighted by Crippen LogP contribution is 2.50. The van der Waals surface area contributed by atoms with Crippen molar-refractivity contribution in [2.45, 2.75) is 18.9 Å². The van der Waals surface area contributed by atoms with Crippen molar-refractivity contribution in [3.63, 3.8) is 0 Å². The molecule has 4 aliphatic rings. The van der Waals surface area contributed by atoms with E-state index in [2.05, 4.69) is 34.3 Å². The highest BCUT2D eigenvalue weighted by molar-refractivity contribution is 5.91. The number of aromatic nitrogens is 1. The number of hydrogen-bond acceptors (Lipinski definition) is 2. The number of carboxylic acids is 1. The summed E-state index contributed by atoms with van der Waals surface area (Å²) in [6.45, 7) is 0.828. The molecule has 0 radical (unpaired) electrons. The Kier molecular flexibility index (Phi) is 2.22. The number of fused-ring (bicyclic) bond motifs is 7. The van der Waals surface area contributed by atoms with Crippen molar-refractivity contribution in [2.24, 2.45) is 5.92 Å². The maximum Gasteiger partial charge on any atom is 0.335 e. The summed E-state index contributed by atoms with van der Waals surface area (Å²) in [6.07, 6.45) is 14.5. The van der Waals surface area contributed by atoms with E-state index in [1.165, 1.54) is 28.1 Å². The van der Waals surface area contributed by atoms with Crippen LogP contribution in [0.3, 0.4) is 0 Å². The fourth-order valence-corrected chi connectivity index (χ4v) is 4.31. The zero-order valence-electron chi connectivity index (χ0n) is 12.0. The van der Waals surface area contributed by atoms with Gasteiger partial charge in [-0.15, -0.1) is 0 Å². The summed E-state index contributed by atoms with van der Waals surface area (Å²) in [5, 5.41) is 9.26. The number of carbonyl (C=O) groups is 1. The van der Waals surface area contributed by atoms with E-state index >= 15 is 0 Å². The van der Waals surface area contributed by atoms with Gasteiger partial charge in [-0.2, -0.15) is 0 Å². The molecule has 1 saturated heterocycles. The van der Waals surface area contributed by atoms with Crippen LogP contribution in [0.5, 0.6) is 0 Å². The summed E-state index contributed by atoms with van der Waals surface area (Å²) in [5.41, 5.74) is 6.97. The number of allylic oxidation sites excluding steroid dienone is 2. The van der Waals surface area contributed by atoms with Crippen LogP contribution in [0.15, 0.2) is 41.7 Å². The maximum absolute atomic E-state index is 11.3. The Bertz CT molecular complexity index is 822. The minimum Gasteiger partial charge on any atom is -0.478 e. The Morgan fingerprint density at radius 1 is 1.32 bits per heavy atom. The van der Waals surface area contributed by atoms with Crippen molar-refractivity contribution in [3.8, 4) is 0 Å². The summed E-state index contributed by atoms with van der Waals surface area (Å²) in [4.78, 5) is 17.2. The van der Waals surface area contributed by atoms with Crippen LogP contribution >= 0.6 is 0 Å². The minimum absolute atomic E-state index is 0.195. The van der Waals surface area contributed by atoms with Crippen LogP contribution in [-0.2, 0) is 17.6 Å². The highest BCUT2D eigenvalue weighted by atomic mass is 16.4. The lowest BCUT2D eigenvalue weighted by atomic mass is 9.86. The number of aliphatic carboxylic acids is 1. The lowest BCUT2D eigenvalue weighted by Gasteiger charge is -2.30. The maximum atomic E-state index is 11.3.